The molecule has 5 aliphatic rings. The quantitative estimate of drug-likeness (QED) is 0.451. The van der Waals surface area contributed by atoms with Crippen molar-refractivity contribution >= 4 is 5.78 Å². The number of fused-ring (bicyclic) bond motifs is 4. The van der Waals surface area contributed by atoms with Crippen molar-refractivity contribution in [2.45, 2.75) is 141 Å². The van der Waals surface area contributed by atoms with Crippen LogP contribution in [0.2, 0.25) is 0 Å². The maximum Gasteiger partial charge on any atom is 0.193 e. The molecule has 4 saturated carbocycles. The van der Waals surface area contributed by atoms with Gasteiger partial charge in [-0.2, -0.15) is 0 Å². The van der Waals surface area contributed by atoms with E-state index in [1.807, 2.05) is 6.92 Å². The molecular formula is C30H50O6. The van der Waals surface area contributed by atoms with Crippen LogP contribution >= 0.6 is 0 Å². The lowest BCUT2D eigenvalue weighted by Crippen LogP contribution is -2.61. The van der Waals surface area contributed by atoms with Crippen molar-refractivity contribution in [1.29, 1.82) is 0 Å². The van der Waals surface area contributed by atoms with Gasteiger partial charge in [-0.1, -0.05) is 34.6 Å². The van der Waals surface area contributed by atoms with Crippen LogP contribution in [0.4, 0.5) is 0 Å². The van der Waals surface area contributed by atoms with Crippen LogP contribution < -0.4 is 0 Å². The summed E-state index contributed by atoms with van der Waals surface area (Å²) in [7, 11) is 0. The van der Waals surface area contributed by atoms with E-state index < -0.39 is 40.2 Å². The molecule has 0 amide bonds. The Labute approximate surface area is 217 Å². The molecule has 1 aliphatic heterocycles. The fourth-order valence-electron chi connectivity index (χ4n) is 10.7. The van der Waals surface area contributed by atoms with E-state index in [-0.39, 0.29) is 40.6 Å². The first-order valence-corrected chi connectivity index (χ1v) is 14.5. The lowest BCUT2D eigenvalue weighted by Gasteiger charge is -2.59. The molecule has 1 saturated heterocycles. The summed E-state index contributed by atoms with van der Waals surface area (Å²) in [5, 5.41) is 46.1. The minimum atomic E-state index is -1.36. The molecule has 11 atom stereocenters. The molecule has 1 heterocycles. The minimum Gasteiger partial charge on any atom is -0.390 e. The van der Waals surface area contributed by atoms with Crippen molar-refractivity contribution < 1.29 is 30.0 Å². The Morgan fingerprint density at radius 3 is 2.08 bits per heavy atom. The van der Waals surface area contributed by atoms with Gasteiger partial charge in [-0.05, 0) is 106 Å². The van der Waals surface area contributed by atoms with Gasteiger partial charge < -0.3 is 25.2 Å². The number of ketones is 1. The van der Waals surface area contributed by atoms with Crippen molar-refractivity contribution in [1.82, 2.24) is 0 Å². The molecular weight excluding hydrogens is 456 g/mol. The highest BCUT2D eigenvalue weighted by Crippen LogP contribution is 2.70. The van der Waals surface area contributed by atoms with Crippen molar-refractivity contribution in [3.8, 4) is 0 Å². The second kappa shape index (κ2) is 8.00. The normalized spacial score (nSPS) is 56.7. The van der Waals surface area contributed by atoms with Gasteiger partial charge in [0, 0.05) is 5.41 Å². The monoisotopic (exact) mass is 506 g/mol. The molecule has 4 N–H and O–H groups in total. The van der Waals surface area contributed by atoms with E-state index >= 15 is 0 Å². The summed E-state index contributed by atoms with van der Waals surface area (Å²) in [4.78, 5) is 13.2. The third-order valence-corrected chi connectivity index (χ3v) is 12.7. The molecule has 0 unspecified atom stereocenters. The molecule has 4 aliphatic carbocycles. The first kappa shape index (κ1) is 27.1. The SMILES string of the molecule is CC(C)[C@@]1(O)CC[C@]2(C)C[C@](O)([C@H]3CC[C@H]4[C@]3(C)CC[C@H]3OC(C)(C)[C@H](O)C(=O)[C@H](O)[C@]34C)CC[C@H]21. The predicted octanol–water partition coefficient (Wildman–Crippen LogP) is 4.01. The largest absolute Gasteiger partial charge is 0.390 e. The highest BCUT2D eigenvalue weighted by molar-refractivity contribution is 5.89. The van der Waals surface area contributed by atoms with Crippen LogP contribution in [-0.4, -0.2) is 61.3 Å². The van der Waals surface area contributed by atoms with E-state index in [0.717, 1.165) is 38.5 Å². The van der Waals surface area contributed by atoms with E-state index in [1.54, 1.807) is 13.8 Å². The number of carbonyl (C=O) groups is 1. The fraction of sp³-hybridized carbons (Fsp3) is 0.967. The first-order valence-electron chi connectivity index (χ1n) is 14.5. The summed E-state index contributed by atoms with van der Waals surface area (Å²) in [5.41, 5.74) is -3.65. The number of aliphatic hydroxyl groups excluding tert-OH is 2. The smallest absolute Gasteiger partial charge is 0.193 e. The highest BCUT2D eigenvalue weighted by atomic mass is 16.5. The number of Topliss-reactive ketones (excluding diaryl/α,β-unsaturated/α-hetero) is 1. The Kier molecular flexibility index (Phi) is 6.01. The molecule has 0 bridgehead atoms. The zero-order valence-electron chi connectivity index (χ0n) is 23.5. The molecule has 0 aromatic rings. The van der Waals surface area contributed by atoms with E-state index in [0.29, 0.717) is 19.3 Å². The van der Waals surface area contributed by atoms with Crippen LogP contribution in [-0.2, 0) is 9.53 Å². The Hall–Kier alpha value is -0.530. The predicted molar refractivity (Wildman–Crippen MR) is 137 cm³/mol. The maximum absolute atomic E-state index is 13.2. The molecule has 206 valence electrons. The molecule has 6 nitrogen and oxygen atoms in total. The Morgan fingerprint density at radius 1 is 0.806 bits per heavy atom. The van der Waals surface area contributed by atoms with E-state index in [9.17, 15) is 25.2 Å². The minimum absolute atomic E-state index is 0.0135. The van der Waals surface area contributed by atoms with Gasteiger partial charge in [-0.25, -0.2) is 0 Å². The van der Waals surface area contributed by atoms with Crippen molar-refractivity contribution in [2.24, 2.45) is 39.9 Å². The molecule has 5 fully saturated rings. The van der Waals surface area contributed by atoms with Gasteiger partial charge in [0.15, 0.2) is 5.78 Å². The molecule has 6 heteroatoms. The number of aliphatic hydroxyl groups is 4. The molecule has 0 aromatic carbocycles. The van der Waals surface area contributed by atoms with Gasteiger partial charge in [0.25, 0.3) is 0 Å². The number of hydrogen-bond donors (Lipinski definition) is 4. The fourth-order valence-corrected chi connectivity index (χ4v) is 10.7. The first-order chi connectivity index (χ1) is 16.5. The van der Waals surface area contributed by atoms with Gasteiger partial charge >= 0.3 is 0 Å². The summed E-state index contributed by atoms with van der Waals surface area (Å²) < 4.78 is 6.41. The molecule has 5 rings (SSSR count). The average molecular weight is 507 g/mol. The molecule has 36 heavy (non-hydrogen) atoms. The van der Waals surface area contributed by atoms with E-state index in [1.165, 1.54) is 0 Å². The van der Waals surface area contributed by atoms with Gasteiger partial charge in [-0.15, -0.1) is 0 Å². The molecule has 0 spiro atoms. The van der Waals surface area contributed by atoms with Crippen LogP contribution in [0.25, 0.3) is 0 Å². The molecule has 0 aromatic heterocycles. The third-order valence-electron chi connectivity index (χ3n) is 12.7. The van der Waals surface area contributed by atoms with Crippen LogP contribution in [0.1, 0.15) is 106 Å². The zero-order chi connectivity index (χ0) is 26.7. The van der Waals surface area contributed by atoms with Gasteiger partial charge in [0.05, 0.1) is 22.9 Å². The summed E-state index contributed by atoms with van der Waals surface area (Å²) in [6, 6.07) is 0. The second-order valence-corrected chi connectivity index (χ2v) is 15.2. The number of carbonyl (C=O) groups excluding carboxylic acids is 1. The summed E-state index contributed by atoms with van der Waals surface area (Å²) in [6.45, 7) is 14.2. The zero-order valence-corrected chi connectivity index (χ0v) is 23.5. The maximum atomic E-state index is 13.2. The third kappa shape index (κ3) is 3.36. The van der Waals surface area contributed by atoms with Crippen LogP contribution in [0.5, 0.6) is 0 Å². The summed E-state index contributed by atoms with van der Waals surface area (Å²) in [6.07, 6.45) is 4.27. The van der Waals surface area contributed by atoms with Crippen molar-refractivity contribution in [3.05, 3.63) is 0 Å². The Morgan fingerprint density at radius 2 is 1.44 bits per heavy atom. The lowest BCUT2D eigenvalue weighted by molar-refractivity contribution is -0.218. The second-order valence-electron chi connectivity index (χ2n) is 15.2. The van der Waals surface area contributed by atoms with Crippen LogP contribution in [0, 0.1) is 39.9 Å². The van der Waals surface area contributed by atoms with E-state index in [2.05, 4.69) is 27.7 Å². The number of hydrogen-bond acceptors (Lipinski definition) is 6. The highest BCUT2D eigenvalue weighted by Gasteiger charge is 2.70. The van der Waals surface area contributed by atoms with Crippen molar-refractivity contribution in [2.75, 3.05) is 0 Å². The summed E-state index contributed by atoms with van der Waals surface area (Å²) in [5.74, 6) is -0.0420. The summed E-state index contributed by atoms with van der Waals surface area (Å²) >= 11 is 0. The Balaban J connectivity index is 1.46. The molecule has 0 radical (unpaired) electrons. The van der Waals surface area contributed by atoms with Gasteiger partial charge in [0.1, 0.15) is 12.2 Å². The number of rotatable bonds is 2. The van der Waals surface area contributed by atoms with Gasteiger partial charge in [0.2, 0.25) is 0 Å². The average Bonchev–Trinajstić information content (AvgIpc) is 3.28. The number of ether oxygens (including phenoxy) is 1. The van der Waals surface area contributed by atoms with Gasteiger partial charge in [-0.3, -0.25) is 4.79 Å². The van der Waals surface area contributed by atoms with Crippen LogP contribution in [0.3, 0.4) is 0 Å². The lowest BCUT2D eigenvalue weighted by atomic mass is 9.48. The standard InChI is InChI=1S/C30H50O6/c1-17(2)30(35)15-14-26(5)16-29(34,13-10-18(26)30)20-9-8-19-27(20,6)12-11-21-28(19,7)24(33)22(31)23(32)25(3,4)36-21/h17-21,23-24,32-35H,8-16H2,1-7H3/t18-,19+,20+,21-,23-,24+,26-,27+,28+,29+,30+/m1/s1. The van der Waals surface area contributed by atoms with E-state index in [4.69, 9.17) is 4.74 Å². The van der Waals surface area contributed by atoms with Crippen LogP contribution in [0.15, 0.2) is 0 Å². The topological polar surface area (TPSA) is 107 Å². The Bertz CT molecular complexity index is 917. The van der Waals surface area contributed by atoms with Crippen molar-refractivity contribution in [3.63, 3.8) is 0 Å².